The molecule has 0 bridgehead atoms. The maximum atomic E-state index is 13.3. The lowest BCUT2D eigenvalue weighted by atomic mass is 9.94. The molecule has 7 heteroatoms. The van der Waals surface area contributed by atoms with Crippen molar-refractivity contribution in [2.75, 3.05) is 32.7 Å². The number of nitrogens with zero attached hydrogens (tertiary/aromatic N) is 3. The van der Waals surface area contributed by atoms with Crippen molar-refractivity contribution in [1.82, 2.24) is 14.1 Å². The van der Waals surface area contributed by atoms with Gasteiger partial charge in [-0.1, -0.05) is 48.5 Å². The first-order chi connectivity index (χ1) is 14.8. The third kappa shape index (κ3) is 4.68. The standard InChI is InChI=1S/C24H31N3O3S/c1-24(2)19-26(31(29,30)22-11-7-4-8-12-22)18-21-17-25(15-16-27(21)24)23(28)14-13-20-9-5-3-6-10-20/h3-12,21H,13-19H2,1-2H3. The van der Waals surface area contributed by atoms with E-state index < -0.39 is 10.0 Å². The van der Waals surface area contributed by atoms with Crippen molar-refractivity contribution in [1.29, 1.82) is 0 Å². The minimum atomic E-state index is -3.56. The molecular weight excluding hydrogens is 410 g/mol. The second-order valence-corrected chi connectivity index (χ2v) is 11.0. The summed E-state index contributed by atoms with van der Waals surface area (Å²) in [4.78, 5) is 17.5. The Hall–Kier alpha value is -2.22. The molecule has 2 aromatic rings. The average molecular weight is 442 g/mol. The Morgan fingerprint density at radius 3 is 2.29 bits per heavy atom. The van der Waals surface area contributed by atoms with E-state index in [4.69, 9.17) is 0 Å². The van der Waals surface area contributed by atoms with Crippen molar-refractivity contribution in [3.8, 4) is 0 Å². The lowest BCUT2D eigenvalue weighted by molar-refractivity contribution is -0.137. The van der Waals surface area contributed by atoms with Gasteiger partial charge < -0.3 is 4.90 Å². The zero-order valence-corrected chi connectivity index (χ0v) is 19.1. The van der Waals surface area contributed by atoms with Crippen molar-refractivity contribution in [3.05, 3.63) is 66.2 Å². The number of aryl methyl sites for hydroxylation is 1. The summed E-state index contributed by atoms with van der Waals surface area (Å²) in [5.41, 5.74) is 0.873. The number of rotatable bonds is 5. The molecule has 31 heavy (non-hydrogen) atoms. The molecule has 2 fully saturated rings. The van der Waals surface area contributed by atoms with Gasteiger partial charge in [-0.3, -0.25) is 9.69 Å². The summed E-state index contributed by atoms with van der Waals surface area (Å²) in [6, 6.07) is 18.7. The average Bonchev–Trinajstić information content (AvgIpc) is 2.78. The molecule has 2 aromatic carbocycles. The fourth-order valence-electron chi connectivity index (χ4n) is 4.84. The molecule has 0 aromatic heterocycles. The molecule has 2 aliphatic rings. The van der Waals surface area contributed by atoms with Gasteiger partial charge in [0.15, 0.2) is 0 Å². The van der Waals surface area contributed by atoms with Gasteiger partial charge in [0.05, 0.1) is 4.90 Å². The van der Waals surface area contributed by atoms with Crippen molar-refractivity contribution in [2.45, 2.75) is 43.2 Å². The van der Waals surface area contributed by atoms with Gasteiger partial charge in [0.1, 0.15) is 0 Å². The van der Waals surface area contributed by atoms with E-state index in [1.807, 2.05) is 41.3 Å². The maximum absolute atomic E-state index is 13.3. The first-order valence-electron chi connectivity index (χ1n) is 10.9. The first-order valence-corrected chi connectivity index (χ1v) is 12.3. The van der Waals surface area contributed by atoms with Crippen LogP contribution < -0.4 is 0 Å². The van der Waals surface area contributed by atoms with E-state index in [9.17, 15) is 13.2 Å². The summed E-state index contributed by atoms with van der Waals surface area (Å²) in [6.07, 6.45) is 1.21. The number of sulfonamides is 1. The van der Waals surface area contributed by atoms with Crippen LogP contribution in [0.15, 0.2) is 65.6 Å². The van der Waals surface area contributed by atoms with Crippen LogP contribution in [0.25, 0.3) is 0 Å². The molecule has 0 saturated carbocycles. The third-order valence-corrected chi connectivity index (χ3v) is 8.27. The van der Waals surface area contributed by atoms with Gasteiger partial charge in [0.25, 0.3) is 0 Å². The monoisotopic (exact) mass is 441 g/mol. The second kappa shape index (κ2) is 8.73. The van der Waals surface area contributed by atoms with Gasteiger partial charge in [-0.2, -0.15) is 4.31 Å². The predicted molar refractivity (Wildman–Crippen MR) is 121 cm³/mol. The highest BCUT2D eigenvalue weighted by Crippen LogP contribution is 2.31. The SMILES string of the molecule is CC1(C)CN(S(=O)(=O)c2ccccc2)CC2CN(C(=O)CCc3ccccc3)CCN21. The Morgan fingerprint density at radius 1 is 0.968 bits per heavy atom. The van der Waals surface area contributed by atoms with Crippen molar-refractivity contribution in [2.24, 2.45) is 0 Å². The summed E-state index contributed by atoms with van der Waals surface area (Å²) in [6.45, 7) is 7.08. The molecule has 6 nitrogen and oxygen atoms in total. The Balaban J connectivity index is 1.46. The molecule has 2 saturated heterocycles. The number of amides is 1. The molecule has 4 rings (SSSR count). The number of piperazine rings is 2. The molecule has 166 valence electrons. The molecule has 2 aliphatic heterocycles. The van der Waals surface area contributed by atoms with Crippen LogP contribution in [0.4, 0.5) is 0 Å². The fourth-order valence-corrected chi connectivity index (χ4v) is 6.49. The lowest BCUT2D eigenvalue weighted by Gasteiger charge is -2.55. The zero-order chi connectivity index (χ0) is 22.1. The summed E-state index contributed by atoms with van der Waals surface area (Å²) >= 11 is 0. The molecule has 1 amide bonds. The minimum absolute atomic E-state index is 0.00309. The van der Waals surface area contributed by atoms with Gasteiger partial charge in [-0.15, -0.1) is 0 Å². The quantitative estimate of drug-likeness (QED) is 0.716. The minimum Gasteiger partial charge on any atom is -0.340 e. The first kappa shape index (κ1) is 22.0. The Bertz CT molecular complexity index is 1010. The van der Waals surface area contributed by atoms with E-state index in [0.29, 0.717) is 37.5 Å². The molecule has 2 heterocycles. The number of hydrogen-bond donors (Lipinski definition) is 0. The third-order valence-electron chi connectivity index (χ3n) is 6.44. The molecule has 0 spiro atoms. The topological polar surface area (TPSA) is 60.9 Å². The summed E-state index contributed by atoms with van der Waals surface area (Å²) in [5, 5.41) is 0. The molecule has 1 atom stereocenters. The summed E-state index contributed by atoms with van der Waals surface area (Å²) in [7, 11) is -3.56. The smallest absolute Gasteiger partial charge is 0.243 e. The van der Waals surface area contributed by atoms with E-state index in [1.165, 1.54) is 0 Å². The van der Waals surface area contributed by atoms with Crippen LogP contribution >= 0.6 is 0 Å². The van der Waals surface area contributed by atoms with Gasteiger partial charge in [0.2, 0.25) is 15.9 Å². The van der Waals surface area contributed by atoms with Crippen molar-refractivity contribution >= 4 is 15.9 Å². The summed E-state index contributed by atoms with van der Waals surface area (Å²) < 4.78 is 28.1. The molecule has 1 unspecified atom stereocenters. The van der Waals surface area contributed by atoms with Crippen molar-refractivity contribution < 1.29 is 13.2 Å². The highest BCUT2D eigenvalue weighted by molar-refractivity contribution is 7.89. The number of fused-ring (bicyclic) bond motifs is 1. The highest BCUT2D eigenvalue weighted by atomic mass is 32.2. The summed E-state index contributed by atoms with van der Waals surface area (Å²) in [5.74, 6) is 0.143. The predicted octanol–water partition coefficient (Wildman–Crippen LogP) is 2.62. The zero-order valence-electron chi connectivity index (χ0n) is 18.3. The number of benzene rings is 2. The number of carbonyl (C=O) groups excluding carboxylic acids is 1. The van der Waals surface area contributed by atoms with Crippen LogP contribution in [0, 0.1) is 0 Å². The van der Waals surface area contributed by atoms with E-state index in [2.05, 4.69) is 18.7 Å². The van der Waals surface area contributed by atoms with Crippen LogP contribution in [0.1, 0.15) is 25.8 Å². The van der Waals surface area contributed by atoms with Crippen LogP contribution in [0.2, 0.25) is 0 Å². The molecular formula is C24H31N3O3S. The Kier molecular flexibility index (Phi) is 6.19. The maximum Gasteiger partial charge on any atom is 0.243 e. The van der Waals surface area contributed by atoms with Crippen molar-refractivity contribution in [3.63, 3.8) is 0 Å². The van der Waals surface area contributed by atoms with E-state index >= 15 is 0 Å². The van der Waals surface area contributed by atoms with Crippen LogP contribution in [0.5, 0.6) is 0 Å². The molecule has 0 aliphatic carbocycles. The number of hydrogen-bond acceptors (Lipinski definition) is 4. The highest BCUT2D eigenvalue weighted by Gasteiger charge is 2.46. The molecule has 0 N–H and O–H groups in total. The van der Waals surface area contributed by atoms with E-state index in [-0.39, 0.29) is 17.5 Å². The fraction of sp³-hybridized carbons (Fsp3) is 0.458. The van der Waals surface area contributed by atoms with E-state index in [0.717, 1.165) is 18.5 Å². The van der Waals surface area contributed by atoms with Crippen LogP contribution in [-0.2, 0) is 21.2 Å². The lowest BCUT2D eigenvalue weighted by Crippen LogP contribution is -2.70. The Labute approximate surface area is 185 Å². The van der Waals surface area contributed by atoms with Crippen LogP contribution in [-0.4, -0.2) is 72.7 Å². The van der Waals surface area contributed by atoms with Gasteiger partial charge in [-0.05, 0) is 38.0 Å². The van der Waals surface area contributed by atoms with Gasteiger partial charge >= 0.3 is 0 Å². The molecule has 0 radical (unpaired) electrons. The van der Waals surface area contributed by atoms with Crippen LogP contribution in [0.3, 0.4) is 0 Å². The Morgan fingerprint density at radius 2 is 1.61 bits per heavy atom. The normalized spacial score (nSPS) is 22.1. The number of carbonyl (C=O) groups is 1. The van der Waals surface area contributed by atoms with E-state index in [1.54, 1.807) is 28.6 Å². The van der Waals surface area contributed by atoms with Gasteiger partial charge in [0, 0.05) is 50.7 Å². The largest absolute Gasteiger partial charge is 0.340 e. The van der Waals surface area contributed by atoms with Gasteiger partial charge in [-0.25, -0.2) is 8.42 Å². The second-order valence-electron chi connectivity index (χ2n) is 9.10.